The second-order valence-electron chi connectivity index (χ2n) is 7.32. The molecule has 1 aromatic heterocycles. The summed E-state index contributed by atoms with van der Waals surface area (Å²) >= 11 is 7.43. The van der Waals surface area contributed by atoms with E-state index in [1.54, 1.807) is 23.9 Å². The maximum atomic E-state index is 12.7. The van der Waals surface area contributed by atoms with Crippen molar-refractivity contribution in [2.75, 3.05) is 5.75 Å². The average Bonchev–Trinajstić information content (AvgIpc) is 2.61. The van der Waals surface area contributed by atoms with Crippen LogP contribution in [0.4, 0.5) is 0 Å². The number of ether oxygens (including phenoxy) is 1. The third-order valence-corrected chi connectivity index (χ3v) is 5.55. The topological polar surface area (TPSA) is 77.6 Å². The molecule has 0 radical (unpaired) electrons. The van der Waals surface area contributed by atoms with Crippen molar-refractivity contribution in [3.05, 3.63) is 58.4 Å². The molecule has 0 saturated heterocycles. The van der Waals surface area contributed by atoms with Gasteiger partial charge in [-0.15, -0.1) is 12.4 Å². The Hall–Kier alpha value is -1.76. The highest BCUT2D eigenvalue weighted by Gasteiger charge is 2.30. The molecule has 0 spiro atoms. The number of Topliss-reactive ketones (excluding diaryl/α,β-unsaturated/α-hetero) is 1. The Morgan fingerprint density at radius 3 is 2.72 bits per heavy atom. The number of thioether (sulfide) groups is 1. The summed E-state index contributed by atoms with van der Waals surface area (Å²) < 4.78 is 5.93. The van der Waals surface area contributed by atoms with E-state index in [-0.39, 0.29) is 30.7 Å². The number of amidine groups is 1. The first-order chi connectivity index (χ1) is 13.2. The van der Waals surface area contributed by atoms with Gasteiger partial charge in [-0.05, 0) is 62.6 Å². The van der Waals surface area contributed by atoms with Crippen LogP contribution in [0.2, 0.25) is 5.02 Å². The molecular weight excluding hydrogens is 429 g/mol. The third-order valence-electron chi connectivity index (χ3n) is 4.53. The first kappa shape index (κ1) is 23.5. The zero-order chi connectivity index (χ0) is 20.3. The van der Waals surface area contributed by atoms with E-state index in [2.05, 4.69) is 16.9 Å². The van der Waals surface area contributed by atoms with Gasteiger partial charge in [0, 0.05) is 18.4 Å². The lowest BCUT2D eigenvalue weighted by molar-refractivity contribution is 0.0988. The summed E-state index contributed by atoms with van der Waals surface area (Å²) in [5.41, 5.74) is 7.81. The molecule has 0 fully saturated rings. The molecule has 1 aliphatic rings. The number of ketones is 1. The highest BCUT2D eigenvalue weighted by molar-refractivity contribution is 8.13. The molecule has 3 rings (SSSR count). The number of rotatable bonds is 6. The number of aliphatic imine (C=N–C) groups is 1. The number of hydrogen-bond donors (Lipinski definition) is 1. The molecule has 2 heterocycles. The molecule has 2 aromatic rings. The minimum Gasteiger partial charge on any atom is -0.491 e. The van der Waals surface area contributed by atoms with Crippen molar-refractivity contribution in [2.24, 2.45) is 10.7 Å². The second-order valence-corrected chi connectivity index (χ2v) is 8.87. The Kier molecular flexibility index (Phi) is 7.97. The van der Waals surface area contributed by atoms with Gasteiger partial charge < -0.3 is 10.5 Å². The molecule has 0 bridgehead atoms. The highest BCUT2D eigenvalue weighted by Crippen LogP contribution is 2.37. The Labute approximate surface area is 186 Å². The molecule has 0 aliphatic carbocycles. The van der Waals surface area contributed by atoms with E-state index >= 15 is 0 Å². The summed E-state index contributed by atoms with van der Waals surface area (Å²) in [6.45, 7) is 6.02. The van der Waals surface area contributed by atoms with Gasteiger partial charge in [-0.3, -0.25) is 14.8 Å². The molecule has 0 saturated carbocycles. The minimum absolute atomic E-state index is 0. The van der Waals surface area contributed by atoms with Gasteiger partial charge in [-0.1, -0.05) is 29.4 Å². The minimum atomic E-state index is -0.429. The Morgan fingerprint density at radius 1 is 1.34 bits per heavy atom. The predicted molar refractivity (Wildman–Crippen MR) is 123 cm³/mol. The Balaban J connectivity index is 0.00000300. The Bertz CT molecular complexity index is 903. The van der Waals surface area contributed by atoms with Gasteiger partial charge in [0.05, 0.1) is 16.7 Å². The van der Waals surface area contributed by atoms with Crippen molar-refractivity contribution in [1.29, 1.82) is 0 Å². The second kappa shape index (κ2) is 9.83. The smallest absolute Gasteiger partial charge is 0.185 e. The molecule has 156 valence electrons. The molecule has 8 heteroatoms. The van der Waals surface area contributed by atoms with Crippen LogP contribution in [0.1, 0.15) is 48.8 Å². The van der Waals surface area contributed by atoms with Crippen molar-refractivity contribution < 1.29 is 9.53 Å². The number of pyridine rings is 1. The maximum Gasteiger partial charge on any atom is 0.185 e. The number of halogens is 2. The molecule has 29 heavy (non-hydrogen) atoms. The number of nitrogens with zero attached hydrogens (tertiary/aromatic N) is 2. The average molecular weight is 454 g/mol. The van der Waals surface area contributed by atoms with Crippen molar-refractivity contribution >= 4 is 46.7 Å². The van der Waals surface area contributed by atoms with E-state index in [0.29, 0.717) is 15.9 Å². The quantitative estimate of drug-likeness (QED) is 0.619. The van der Waals surface area contributed by atoms with E-state index in [4.69, 9.17) is 22.1 Å². The normalized spacial score (nSPS) is 18.7. The molecule has 0 amide bonds. The van der Waals surface area contributed by atoms with E-state index in [9.17, 15) is 4.79 Å². The van der Waals surface area contributed by atoms with Gasteiger partial charge in [0.1, 0.15) is 11.4 Å². The molecule has 2 N–H and O–H groups in total. The number of nitrogens with two attached hydrogens (primary N) is 1. The van der Waals surface area contributed by atoms with E-state index in [1.807, 2.05) is 32.0 Å². The molecule has 1 atom stereocenters. The Morgan fingerprint density at radius 2 is 2.10 bits per heavy atom. The summed E-state index contributed by atoms with van der Waals surface area (Å²) in [6, 6.07) is 9.24. The van der Waals surface area contributed by atoms with Crippen LogP contribution >= 0.6 is 35.8 Å². The summed E-state index contributed by atoms with van der Waals surface area (Å²) in [5.74, 6) is 1.56. The number of hydrogen-bond acceptors (Lipinski definition) is 6. The highest BCUT2D eigenvalue weighted by atomic mass is 35.5. The molecular formula is C21H25Cl2N3O2S. The van der Waals surface area contributed by atoms with Crippen molar-refractivity contribution in [1.82, 2.24) is 4.98 Å². The van der Waals surface area contributed by atoms with Gasteiger partial charge in [0.25, 0.3) is 0 Å². The van der Waals surface area contributed by atoms with Crippen molar-refractivity contribution in [3.63, 3.8) is 0 Å². The fourth-order valence-corrected chi connectivity index (χ4v) is 4.21. The zero-order valence-electron chi connectivity index (χ0n) is 16.6. The van der Waals surface area contributed by atoms with Gasteiger partial charge in [0.2, 0.25) is 0 Å². The third kappa shape index (κ3) is 6.11. The van der Waals surface area contributed by atoms with E-state index < -0.39 is 5.54 Å². The molecule has 1 aromatic carbocycles. The SMILES string of the molecule is CC(C)Oc1cc(CC(=O)c2ccc(Cl)cn2)cc(C2(C)CCSC(N)=N2)c1.Cl. The number of aromatic nitrogens is 1. The largest absolute Gasteiger partial charge is 0.491 e. The van der Waals surface area contributed by atoms with E-state index in [0.717, 1.165) is 29.1 Å². The van der Waals surface area contributed by atoms with Gasteiger partial charge in [-0.25, -0.2) is 0 Å². The van der Waals surface area contributed by atoms with Gasteiger partial charge in [-0.2, -0.15) is 0 Å². The monoisotopic (exact) mass is 453 g/mol. The predicted octanol–water partition coefficient (Wildman–Crippen LogP) is 5.04. The standard InChI is InChI=1S/C21H24ClN3O2S.ClH/c1-13(2)27-17-9-14(10-19(26)18-5-4-16(22)12-24-18)8-15(11-17)21(3)6-7-28-20(23)25-21;/h4-5,8-9,11-13H,6-7,10H2,1-3H3,(H2,23,25);1H. The van der Waals surface area contributed by atoms with Crippen molar-refractivity contribution in [3.8, 4) is 5.75 Å². The first-order valence-corrected chi connectivity index (χ1v) is 10.6. The lowest BCUT2D eigenvalue weighted by Gasteiger charge is -2.30. The van der Waals surface area contributed by atoms with Crippen molar-refractivity contribution in [2.45, 2.75) is 45.3 Å². The number of carbonyl (C=O) groups is 1. The van der Waals surface area contributed by atoms with Crippen LogP contribution in [-0.4, -0.2) is 27.8 Å². The van der Waals surface area contributed by atoms with Crippen LogP contribution < -0.4 is 10.5 Å². The van der Waals surface area contributed by atoms with Crippen LogP contribution in [0.5, 0.6) is 5.75 Å². The summed E-state index contributed by atoms with van der Waals surface area (Å²) in [6.07, 6.45) is 2.60. The molecule has 5 nitrogen and oxygen atoms in total. The lowest BCUT2D eigenvalue weighted by atomic mass is 9.87. The summed E-state index contributed by atoms with van der Waals surface area (Å²) in [5, 5.41) is 1.09. The first-order valence-electron chi connectivity index (χ1n) is 9.19. The maximum absolute atomic E-state index is 12.7. The van der Waals surface area contributed by atoms with Crippen LogP contribution in [-0.2, 0) is 12.0 Å². The number of carbonyl (C=O) groups excluding carboxylic acids is 1. The van der Waals surface area contributed by atoms with Crippen LogP contribution in [0, 0.1) is 0 Å². The molecule has 1 unspecified atom stereocenters. The van der Waals surface area contributed by atoms with Crippen LogP contribution in [0.25, 0.3) is 0 Å². The molecule has 1 aliphatic heterocycles. The van der Waals surface area contributed by atoms with Crippen LogP contribution in [0.15, 0.2) is 41.5 Å². The zero-order valence-corrected chi connectivity index (χ0v) is 19.0. The van der Waals surface area contributed by atoms with E-state index in [1.165, 1.54) is 6.20 Å². The lowest BCUT2D eigenvalue weighted by Crippen LogP contribution is -2.29. The summed E-state index contributed by atoms with van der Waals surface area (Å²) in [7, 11) is 0. The fourth-order valence-electron chi connectivity index (χ4n) is 3.13. The van der Waals surface area contributed by atoms with Gasteiger partial charge >= 0.3 is 0 Å². The number of benzene rings is 1. The fraction of sp³-hybridized carbons (Fsp3) is 0.381. The van der Waals surface area contributed by atoms with Gasteiger partial charge in [0.15, 0.2) is 11.0 Å². The van der Waals surface area contributed by atoms with Crippen LogP contribution in [0.3, 0.4) is 0 Å². The summed E-state index contributed by atoms with van der Waals surface area (Å²) in [4.78, 5) is 21.5.